The fraction of sp³-hybridized carbons (Fsp3) is 0.807. The summed E-state index contributed by atoms with van der Waals surface area (Å²) in [4.78, 5) is 25.5. The first-order valence-electron chi connectivity index (χ1n) is 27.6. The molecular formula is C57H107N2O6P. The third-order valence-electron chi connectivity index (χ3n) is 12.3. The maximum absolute atomic E-state index is 13.0. The first-order valence-corrected chi connectivity index (χ1v) is 29.1. The average Bonchev–Trinajstić information content (AvgIpc) is 3.28. The number of carbonyl (C=O) groups excluding carboxylic acids is 1. The summed E-state index contributed by atoms with van der Waals surface area (Å²) in [7, 11) is 1.30. The van der Waals surface area contributed by atoms with Crippen molar-refractivity contribution < 1.29 is 32.9 Å². The van der Waals surface area contributed by atoms with Gasteiger partial charge in [-0.05, 0) is 57.8 Å². The molecule has 0 heterocycles. The summed E-state index contributed by atoms with van der Waals surface area (Å²) in [5.74, 6) is -0.167. The molecule has 0 aliphatic heterocycles. The van der Waals surface area contributed by atoms with E-state index in [1.807, 2.05) is 21.1 Å². The van der Waals surface area contributed by atoms with E-state index in [0.717, 1.165) is 70.6 Å². The van der Waals surface area contributed by atoms with Crippen molar-refractivity contribution in [1.29, 1.82) is 0 Å². The molecule has 66 heavy (non-hydrogen) atoms. The maximum Gasteiger partial charge on any atom is 0.268 e. The van der Waals surface area contributed by atoms with Gasteiger partial charge < -0.3 is 28.8 Å². The predicted molar refractivity (Wildman–Crippen MR) is 284 cm³/mol. The van der Waals surface area contributed by atoms with Crippen LogP contribution in [0.2, 0.25) is 0 Å². The van der Waals surface area contributed by atoms with Gasteiger partial charge in [0.15, 0.2) is 0 Å². The zero-order chi connectivity index (χ0) is 48.5. The summed E-state index contributed by atoms with van der Waals surface area (Å²) in [6, 6.07) is -0.803. The van der Waals surface area contributed by atoms with Crippen LogP contribution in [0.1, 0.15) is 245 Å². The Bertz CT molecular complexity index is 1260. The van der Waals surface area contributed by atoms with E-state index in [2.05, 4.69) is 79.9 Å². The minimum Gasteiger partial charge on any atom is -0.756 e. The first-order chi connectivity index (χ1) is 32.0. The molecule has 0 aromatic carbocycles. The Morgan fingerprint density at radius 3 is 1.35 bits per heavy atom. The SMILES string of the molecule is CC/C=C\C/C=C\C/C=C\C/C=C\C/C=C\CCCCCCCCCCCCCCCC(=O)NC(COP(=O)([O-])OCC[N+](C)(C)C)C(O)CCCCCCCCCCCCCCCCC. The number of allylic oxidation sites excluding steroid dienone is 10. The molecule has 1 amide bonds. The standard InChI is InChI=1S/C57H107N2O6P/c1-6-8-10-12-14-16-18-20-22-23-24-25-26-27-28-29-30-31-32-33-34-35-37-39-41-43-45-47-49-51-57(61)58-55(54-65-66(62,63)64-53-52-59(3,4)5)56(60)50-48-46-44-42-40-38-36-21-19-17-15-13-11-9-7-2/h8,10,14,16,20,22,24-25,27-28,55-56,60H,6-7,9,11-13,15,17-19,21,23,26,29-54H2,1-5H3,(H-,58,61,62,63)/b10-8-,16-14-,22-20-,25-24-,28-27-. The van der Waals surface area contributed by atoms with E-state index >= 15 is 0 Å². The lowest BCUT2D eigenvalue weighted by Gasteiger charge is -2.30. The van der Waals surface area contributed by atoms with Gasteiger partial charge in [-0.2, -0.15) is 0 Å². The second-order valence-corrected chi connectivity index (χ2v) is 21.3. The van der Waals surface area contributed by atoms with Crippen molar-refractivity contribution in [2.24, 2.45) is 0 Å². The number of unbranched alkanes of at least 4 members (excludes halogenated alkanes) is 27. The monoisotopic (exact) mass is 947 g/mol. The lowest BCUT2D eigenvalue weighted by molar-refractivity contribution is -0.870. The van der Waals surface area contributed by atoms with Gasteiger partial charge in [0.2, 0.25) is 5.91 Å². The van der Waals surface area contributed by atoms with Crippen LogP contribution < -0.4 is 10.2 Å². The van der Waals surface area contributed by atoms with Gasteiger partial charge in [-0.15, -0.1) is 0 Å². The lowest BCUT2D eigenvalue weighted by Crippen LogP contribution is -2.46. The fourth-order valence-electron chi connectivity index (χ4n) is 7.95. The number of amides is 1. The topological polar surface area (TPSA) is 108 Å². The molecule has 9 heteroatoms. The highest BCUT2D eigenvalue weighted by atomic mass is 31.2. The summed E-state index contributed by atoms with van der Waals surface area (Å²) in [6.07, 6.45) is 63.8. The van der Waals surface area contributed by atoms with Crippen molar-refractivity contribution in [3.8, 4) is 0 Å². The van der Waals surface area contributed by atoms with E-state index < -0.39 is 20.0 Å². The molecule has 0 aromatic rings. The summed E-state index contributed by atoms with van der Waals surface area (Å²) in [6.45, 7) is 4.62. The molecule has 0 bridgehead atoms. The van der Waals surface area contributed by atoms with Gasteiger partial charge in [-0.25, -0.2) is 0 Å². The number of rotatable bonds is 50. The normalized spacial score (nSPS) is 14.5. The highest BCUT2D eigenvalue weighted by Gasteiger charge is 2.24. The number of phosphoric ester groups is 1. The number of nitrogens with zero attached hydrogens (tertiary/aromatic N) is 1. The van der Waals surface area contributed by atoms with Gasteiger partial charge in [0, 0.05) is 6.42 Å². The van der Waals surface area contributed by atoms with E-state index in [4.69, 9.17) is 9.05 Å². The van der Waals surface area contributed by atoms with Gasteiger partial charge in [-0.1, -0.05) is 242 Å². The molecule has 0 rings (SSSR count). The molecule has 0 saturated carbocycles. The Hall–Kier alpha value is -1.80. The Morgan fingerprint density at radius 1 is 0.545 bits per heavy atom. The molecule has 0 aromatic heterocycles. The average molecular weight is 947 g/mol. The van der Waals surface area contributed by atoms with Crippen molar-refractivity contribution in [2.75, 3.05) is 40.9 Å². The first kappa shape index (κ1) is 64.2. The summed E-state index contributed by atoms with van der Waals surface area (Å²) >= 11 is 0. The lowest BCUT2D eigenvalue weighted by atomic mass is 10.0. The maximum atomic E-state index is 13.0. The highest BCUT2D eigenvalue weighted by Crippen LogP contribution is 2.38. The molecule has 0 saturated heterocycles. The Kier molecular flexibility index (Phi) is 46.9. The fourth-order valence-corrected chi connectivity index (χ4v) is 8.67. The van der Waals surface area contributed by atoms with E-state index in [1.54, 1.807) is 0 Å². The van der Waals surface area contributed by atoms with Gasteiger partial charge in [-0.3, -0.25) is 9.36 Å². The second kappa shape index (κ2) is 48.2. The van der Waals surface area contributed by atoms with Crippen molar-refractivity contribution >= 4 is 13.7 Å². The van der Waals surface area contributed by atoms with Crippen LogP contribution in [0, 0.1) is 0 Å². The zero-order valence-electron chi connectivity index (χ0n) is 43.9. The molecule has 8 nitrogen and oxygen atoms in total. The summed E-state index contributed by atoms with van der Waals surface area (Å²) in [5, 5.41) is 14.0. The molecule has 0 aliphatic rings. The number of likely N-dealkylation sites (N-methyl/N-ethyl adjacent to an activating group) is 1. The molecule has 0 fully saturated rings. The smallest absolute Gasteiger partial charge is 0.268 e. The number of nitrogens with one attached hydrogen (secondary N) is 1. The van der Waals surface area contributed by atoms with Crippen molar-refractivity contribution in [1.82, 2.24) is 5.32 Å². The predicted octanol–water partition coefficient (Wildman–Crippen LogP) is 15.9. The van der Waals surface area contributed by atoms with E-state index in [9.17, 15) is 19.4 Å². The Morgan fingerprint density at radius 2 is 0.924 bits per heavy atom. The molecule has 0 spiro atoms. The van der Waals surface area contributed by atoms with Crippen LogP contribution in [0.25, 0.3) is 0 Å². The molecule has 0 aliphatic carbocycles. The van der Waals surface area contributed by atoms with Crippen LogP contribution in [0.15, 0.2) is 60.8 Å². The zero-order valence-corrected chi connectivity index (χ0v) is 44.8. The van der Waals surface area contributed by atoms with Crippen LogP contribution in [-0.4, -0.2) is 68.5 Å². The molecular weight excluding hydrogens is 840 g/mol. The number of aliphatic hydroxyl groups is 1. The number of hydrogen-bond donors (Lipinski definition) is 2. The summed E-state index contributed by atoms with van der Waals surface area (Å²) < 4.78 is 23.4. The van der Waals surface area contributed by atoms with Crippen LogP contribution in [0.5, 0.6) is 0 Å². The van der Waals surface area contributed by atoms with E-state index in [0.29, 0.717) is 23.9 Å². The van der Waals surface area contributed by atoms with Gasteiger partial charge in [0.05, 0.1) is 39.9 Å². The van der Waals surface area contributed by atoms with Crippen molar-refractivity contribution in [2.45, 2.75) is 257 Å². The third-order valence-corrected chi connectivity index (χ3v) is 13.2. The quantitative estimate of drug-likeness (QED) is 0.0272. The number of carbonyl (C=O) groups is 1. The highest BCUT2D eigenvalue weighted by molar-refractivity contribution is 7.45. The summed E-state index contributed by atoms with van der Waals surface area (Å²) in [5.41, 5.74) is 0. The third kappa shape index (κ3) is 50.1. The van der Waals surface area contributed by atoms with Crippen molar-refractivity contribution in [3.05, 3.63) is 60.8 Å². The van der Waals surface area contributed by atoms with E-state index in [1.165, 1.54) is 148 Å². The molecule has 386 valence electrons. The van der Waals surface area contributed by atoms with Crippen LogP contribution in [0.3, 0.4) is 0 Å². The van der Waals surface area contributed by atoms with E-state index in [-0.39, 0.29) is 19.1 Å². The van der Waals surface area contributed by atoms with Crippen molar-refractivity contribution in [3.63, 3.8) is 0 Å². The minimum absolute atomic E-state index is 0.0108. The minimum atomic E-state index is -4.57. The van der Waals surface area contributed by atoms with Crippen LogP contribution >= 0.6 is 7.82 Å². The molecule has 2 N–H and O–H groups in total. The number of quaternary nitrogens is 1. The Labute approximate surface area is 409 Å². The second-order valence-electron chi connectivity index (χ2n) is 19.9. The van der Waals surface area contributed by atoms with Gasteiger partial charge in [0.25, 0.3) is 7.82 Å². The molecule has 3 atom stereocenters. The van der Waals surface area contributed by atoms with Gasteiger partial charge in [0.1, 0.15) is 13.2 Å². The number of hydrogen-bond acceptors (Lipinski definition) is 6. The van der Waals surface area contributed by atoms with Crippen LogP contribution in [0.4, 0.5) is 0 Å². The number of phosphoric acid groups is 1. The largest absolute Gasteiger partial charge is 0.756 e. The molecule has 3 unspecified atom stereocenters. The number of aliphatic hydroxyl groups excluding tert-OH is 1. The molecule has 0 radical (unpaired) electrons. The van der Waals surface area contributed by atoms with Gasteiger partial charge >= 0.3 is 0 Å². The van der Waals surface area contributed by atoms with Crippen LogP contribution in [-0.2, 0) is 18.4 Å². The Balaban J connectivity index is 4.13.